The predicted molar refractivity (Wildman–Crippen MR) is 91.0 cm³/mol. The molecule has 0 bridgehead atoms. The molecule has 1 heterocycles. The Morgan fingerprint density at radius 3 is 2.65 bits per heavy atom. The number of rotatable bonds is 5. The van der Waals surface area contributed by atoms with Gasteiger partial charge in [-0.3, -0.25) is 9.69 Å². The highest BCUT2D eigenvalue weighted by Gasteiger charge is 2.29. The van der Waals surface area contributed by atoms with Crippen LogP contribution in [-0.4, -0.2) is 24.0 Å². The molecular weight excluding hydrogens is 286 g/mol. The summed E-state index contributed by atoms with van der Waals surface area (Å²) < 4.78 is 5.19. The molecule has 0 saturated heterocycles. The van der Waals surface area contributed by atoms with Gasteiger partial charge in [-0.1, -0.05) is 54.6 Å². The molecular formula is C20H23NO2. The van der Waals surface area contributed by atoms with Gasteiger partial charge in [0.1, 0.15) is 0 Å². The van der Waals surface area contributed by atoms with E-state index in [9.17, 15) is 4.79 Å². The van der Waals surface area contributed by atoms with Crippen LogP contribution in [0.15, 0.2) is 54.6 Å². The van der Waals surface area contributed by atoms with E-state index in [0.717, 1.165) is 19.5 Å². The number of fused-ring (bicyclic) bond motifs is 1. The van der Waals surface area contributed by atoms with Crippen LogP contribution in [0.25, 0.3) is 0 Å². The third-order valence-electron chi connectivity index (χ3n) is 4.42. The average Bonchev–Trinajstić information content (AvgIpc) is 2.58. The first kappa shape index (κ1) is 15.8. The van der Waals surface area contributed by atoms with Gasteiger partial charge < -0.3 is 4.74 Å². The minimum Gasteiger partial charge on any atom is -0.466 e. The number of carbonyl (C=O) groups excluding carboxylic acids is 1. The molecule has 0 saturated carbocycles. The summed E-state index contributed by atoms with van der Waals surface area (Å²) in [6.45, 7) is 4.12. The van der Waals surface area contributed by atoms with Crippen LogP contribution in [0.2, 0.25) is 0 Å². The van der Waals surface area contributed by atoms with Crippen molar-refractivity contribution in [1.29, 1.82) is 0 Å². The largest absolute Gasteiger partial charge is 0.466 e. The van der Waals surface area contributed by atoms with Crippen LogP contribution in [0.5, 0.6) is 0 Å². The number of carbonyl (C=O) groups is 1. The molecule has 1 atom stereocenters. The van der Waals surface area contributed by atoms with Crippen molar-refractivity contribution >= 4 is 5.97 Å². The van der Waals surface area contributed by atoms with E-state index in [-0.39, 0.29) is 12.0 Å². The summed E-state index contributed by atoms with van der Waals surface area (Å²) in [6, 6.07) is 19.0. The number of benzene rings is 2. The van der Waals surface area contributed by atoms with Crippen LogP contribution < -0.4 is 0 Å². The molecule has 1 aliphatic rings. The molecule has 0 aliphatic carbocycles. The van der Waals surface area contributed by atoms with E-state index in [0.29, 0.717) is 13.0 Å². The maximum Gasteiger partial charge on any atom is 0.307 e. The van der Waals surface area contributed by atoms with Crippen molar-refractivity contribution in [2.24, 2.45) is 0 Å². The Bertz CT molecular complexity index is 654. The second-order valence-corrected chi connectivity index (χ2v) is 5.93. The molecule has 1 unspecified atom stereocenters. The van der Waals surface area contributed by atoms with Crippen LogP contribution >= 0.6 is 0 Å². The molecule has 0 N–H and O–H groups in total. The number of hydrogen-bond donors (Lipinski definition) is 0. The molecule has 3 nitrogen and oxygen atoms in total. The van der Waals surface area contributed by atoms with Crippen LogP contribution in [0, 0.1) is 0 Å². The van der Waals surface area contributed by atoms with E-state index in [4.69, 9.17) is 4.74 Å². The fourth-order valence-corrected chi connectivity index (χ4v) is 3.33. The third kappa shape index (κ3) is 3.80. The summed E-state index contributed by atoms with van der Waals surface area (Å²) in [5.74, 6) is -0.118. The second-order valence-electron chi connectivity index (χ2n) is 5.93. The molecule has 0 radical (unpaired) electrons. The van der Waals surface area contributed by atoms with Crippen molar-refractivity contribution in [2.45, 2.75) is 32.4 Å². The van der Waals surface area contributed by atoms with Crippen molar-refractivity contribution in [3.63, 3.8) is 0 Å². The van der Waals surface area contributed by atoms with Gasteiger partial charge >= 0.3 is 5.97 Å². The van der Waals surface area contributed by atoms with E-state index in [2.05, 4.69) is 53.4 Å². The highest BCUT2D eigenvalue weighted by molar-refractivity contribution is 5.70. The van der Waals surface area contributed by atoms with Gasteiger partial charge in [0.15, 0.2) is 0 Å². The van der Waals surface area contributed by atoms with Crippen molar-refractivity contribution in [1.82, 2.24) is 4.90 Å². The number of esters is 1. The molecule has 2 aromatic carbocycles. The lowest BCUT2D eigenvalue weighted by Gasteiger charge is -2.37. The smallest absolute Gasteiger partial charge is 0.307 e. The Morgan fingerprint density at radius 2 is 1.87 bits per heavy atom. The summed E-state index contributed by atoms with van der Waals surface area (Å²) in [4.78, 5) is 14.5. The van der Waals surface area contributed by atoms with E-state index in [1.165, 1.54) is 16.7 Å². The molecule has 1 aliphatic heterocycles. The number of nitrogens with zero attached hydrogens (tertiary/aromatic N) is 1. The lowest BCUT2D eigenvalue weighted by molar-refractivity contribution is -0.144. The van der Waals surface area contributed by atoms with Gasteiger partial charge in [-0.15, -0.1) is 0 Å². The molecule has 0 amide bonds. The maximum absolute atomic E-state index is 12.1. The van der Waals surface area contributed by atoms with Crippen molar-refractivity contribution in [3.05, 3.63) is 71.3 Å². The molecule has 0 aromatic heterocycles. The first-order valence-corrected chi connectivity index (χ1v) is 8.29. The molecule has 3 heteroatoms. The lowest BCUT2D eigenvalue weighted by atomic mass is 9.90. The molecule has 23 heavy (non-hydrogen) atoms. The maximum atomic E-state index is 12.1. The fraction of sp³-hybridized carbons (Fsp3) is 0.350. The Labute approximate surface area is 137 Å². The Balaban J connectivity index is 1.84. The zero-order chi connectivity index (χ0) is 16.1. The fourth-order valence-electron chi connectivity index (χ4n) is 3.33. The summed E-state index contributed by atoms with van der Waals surface area (Å²) >= 11 is 0. The summed E-state index contributed by atoms with van der Waals surface area (Å²) in [6.07, 6.45) is 1.44. The van der Waals surface area contributed by atoms with Crippen LogP contribution in [0.3, 0.4) is 0 Å². The van der Waals surface area contributed by atoms with Crippen molar-refractivity contribution in [2.75, 3.05) is 13.2 Å². The van der Waals surface area contributed by atoms with Crippen LogP contribution in [0.1, 0.15) is 36.1 Å². The van der Waals surface area contributed by atoms with Crippen LogP contribution in [-0.2, 0) is 22.5 Å². The quantitative estimate of drug-likeness (QED) is 0.788. The monoisotopic (exact) mass is 309 g/mol. The van der Waals surface area contributed by atoms with Gasteiger partial charge in [0, 0.05) is 19.1 Å². The van der Waals surface area contributed by atoms with Crippen molar-refractivity contribution < 1.29 is 9.53 Å². The summed E-state index contributed by atoms with van der Waals surface area (Å²) in [7, 11) is 0. The summed E-state index contributed by atoms with van der Waals surface area (Å²) in [5.41, 5.74) is 3.90. The first-order valence-electron chi connectivity index (χ1n) is 8.29. The minimum absolute atomic E-state index is 0.0965. The van der Waals surface area contributed by atoms with E-state index in [1.54, 1.807) is 0 Å². The van der Waals surface area contributed by atoms with E-state index >= 15 is 0 Å². The average molecular weight is 309 g/mol. The molecule has 0 spiro atoms. The normalized spacial score (nSPS) is 17.5. The second kappa shape index (κ2) is 7.42. The molecule has 0 fully saturated rings. The van der Waals surface area contributed by atoms with E-state index < -0.39 is 0 Å². The zero-order valence-electron chi connectivity index (χ0n) is 13.6. The van der Waals surface area contributed by atoms with Gasteiger partial charge in [0.25, 0.3) is 0 Å². The van der Waals surface area contributed by atoms with Gasteiger partial charge in [0.2, 0.25) is 0 Å². The van der Waals surface area contributed by atoms with Gasteiger partial charge in [0.05, 0.1) is 13.0 Å². The molecule has 3 rings (SSSR count). The predicted octanol–water partition coefficient (Wildman–Crippen LogP) is 3.74. The highest BCUT2D eigenvalue weighted by atomic mass is 16.5. The Kier molecular flexibility index (Phi) is 5.09. The zero-order valence-corrected chi connectivity index (χ0v) is 13.6. The minimum atomic E-state index is -0.118. The lowest BCUT2D eigenvalue weighted by Crippen LogP contribution is -2.36. The standard InChI is InChI=1S/C20H23NO2/c1-2-23-20(22)14-19-18-11-7-6-10-17(18)12-13-21(19)15-16-8-4-3-5-9-16/h3-11,19H,2,12-15H2,1H3. The molecule has 2 aromatic rings. The van der Waals surface area contributed by atoms with Gasteiger partial charge in [-0.05, 0) is 30.0 Å². The number of ether oxygens (including phenoxy) is 1. The molecule has 120 valence electrons. The Hall–Kier alpha value is -2.13. The number of hydrogen-bond acceptors (Lipinski definition) is 3. The summed E-state index contributed by atoms with van der Waals surface area (Å²) in [5, 5.41) is 0. The van der Waals surface area contributed by atoms with Gasteiger partial charge in [-0.25, -0.2) is 0 Å². The van der Waals surface area contributed by atoms with E-state index in [1.807, 2.05) is 13.0 Å². The topological polar surface area (TPSA) is 29.5 Å². The SMILES string of the molecule is CCOC(=O)CC1c2ccccc2CCN1Cc1ccccc1. The Morgan fingerprint density at radius 1 is 1.13 bits per heavy atom. The first-order chi connectivity index (χ1) is 11.3. The third-order valence-corrected chi connectivity index (χ3v) is 4.42. The van der Waals surface area contributed by atoms with Crippen molar-refractivity contribution in [3.8, 4) is 0 Å². The highest BCUT2D eigenvalue weighted by Crippen LogP contribution is 2.33. The van der Waals surface area contributed by atoms with Gasteiger partial charge in [-0.2, -0.15) is 0 Å². The van der Waals surface area contributed by atoms with Crippen LogP contribution in [0.4, 0.5) is 0 Å².